The Hall–Kier alpha value is -0.0900. The van der Waals surface area contributed by atoms with Gasteiger partial charge in [-0.05, 0) is 44.4 Å². The van der Waals surface area contributed by atoms with Gasteiger partial charge in [-0.3, -0.25) is 0 Å². The first-order chi connectivity index (χ1) is 7.83. The minimum absolute atomic E-state index is 0.271. The van der Waals surface area contributed by atoms with Gasteiger partial charge in [0.15, 0.2) is 9.84 Å². The molecule has 2 fully saturated rings. The van der Waals surface area contributed by atoms with Gasteiger partial charge in [-0.25, -0.2) is 8.42 Å². The zero-order valence-electron chi connectivity index (χ0n) is 10.9. The number of hydrogen-bond acceptors (Lipinski definition) is 3. The van der Waals surface area contributed by atoms with Crippen LogP contribution >= 0.6 is 0 Å². The van der Waals surface area contributed by atoms with Crippen molar-refractivity contribution in [2.75, 3.05) is 0 Å². The molecule has 0 aromatic carbocycles. The number of hydrogen-bond donors (Lipinski definition) is 1. The van der Waals surface area contributed by atoms with Gasteiger partial charge in [-0.15, -0.1) is 0 Å². The largest absolute Gasteiger partial charge is 0.390 e. The molecule has 2 aliphatic heterocycles. The average Bonchev–Trinajstić information content (AvgIpc) is 2.18. The highest BCUT2D eigenvalue weighted by atomic mass is 32.2. The van der Waals surface area contributed by atoms with E-state index in [9.17, 15) is 13.5 Å². The van der Waals surface area contributed by atoms with E-state index < -0.39 is 15.4 Å². The molecule has 2 saturated heterocycles. The fraction of sp³-hybridized carbons (Fsp3) is 1.00. The van der Waals surface area contributed by atoms with Crippen molar-refractivity contribution >= 4 is 9.84 Å². The van der Waals surface area contributed by atoms with Gasteiger partial charge in [0.05, 0.1) is 16.1 Å². The standard InChI is InChI=1S/C13H24O3S/c1-10(2)6-7-13(14)8-11-4-3-5-12(9-13)17(11,15)16/h10-12,14H,3-9H2,1-2H3. The van der Waals surface area contributed by atoms with Gasteiger partial charge in [0.1, 0.15) is 0 Å². The minimum Gasteiger partial charge on any atom is -0.390 e. The second-order valence-corrected chi connectivity index (χ2v) is 8.84. The first-order valence-corrected chi connectivity index (χ1v) is 8.39. The molecule has 1 N–H and O–H groups in total. The number of aliphatic hydroxyl groups is 1. The Balaban J connectivity index is 2.10. The van der Waals surface area contributed by atoms with Crippen LogP contribution in [0.15, 0.2) is 0 Å². The first kappa shape index (κ1) is 13.3. The van der Waals surface area contributed by atoms with Crippen LogP contribution in [0.5, 0.6) is 0 Å². The van der Waals surface area contributed by atoms with Gasteiger partial charge in [-0.1, -0.05) is 20.3 Å². The lowest BCUT2D eigenvalue weighted by molar-refractivity contribution is -0.00266. The molecule has 2 aliphatic rings. The van der Waals surface area contributed by atoms with Crippen molar-refractivity contribution in [1.29, 1.82) is 0 Å². The van der Waals surface area contributed by atoms with Crippen molar-refractivity contribution in [2.24, 2.45) is 5.92 Å². The van der Waals surface area contributed by atoms with Crippen molar-refractivity contribution in [1.82, 2.24) is 0 Å². The van der Waals surface area contributed by atoms with Gasteiger partial charge in [0.2, 0.25) is 0 Å². The van der Waals surface area contributed by atoms with Crippen molar-refractivity contribution in [3.05, 3.63) is 0 Å². The van der Waals surface area contributed by atoms with Gasteiger partial charge < -0.3 is 5.11 Å². The highest BCUT2D eigenvalue weighted by Crippen LogP contribution is 2.43. The van der Waals surface area contributed by atoms with E-state index in [0.29, 0.717) is 18.8 Å². The molecule has 2 heterocycles. The maximum atomic E-state index is 12.1. The fourth-order valence-corrected chi connectivity index (χ4v) is 5.92. The number of fused-ring (bicyclic) bond motifs is 2. The Kier molecular flexibility index (Phi) is 3.56. The van der Waals surface area contributed by atoms with E-state index in [2.05, 4.69) is 13.8 Å². The molecule has 2 bridgehead atoms. The summed E-state index contributed by atoms with van der Waals surface area (Å²) >= 11 is 0. The molecule has 0 aliphatic carbocycles. The SMILES string of the molecule is CC(C)CCC1(O)CC2CCCC(C1)S2(=O)=O. The van der Waals surface area contributed by atoms with Gasteiger partial charge in [0, 0.05) is 0 Å². The number of rotatable bonds is 3. The summed E-state index contributed by atoms with van der Waals surface area (Å²) in [5.74, 6) is 0.567. The zero-order valence-corrected chi connectivity index (χ0v) is 11.7. The summed E-state index contributed by atoms with van der Waals surface area (Å²) < 4.78 is 24.2. The topological polar surface area (TPSA) is 54.4 Å². The van der Waals surface area contributed by atoms with Crippen LogP contribution in [0.3, 0.4) is 0 Å². The second-order valence-electron chi connectivity index (χ2n) is 6.33. The van der Waals surface area contributed by atoms with Gasteiger partial charge >= 0.3 is 0 Å². The van der Waals surface area contributed by atoms with Crippen LogP contribution in [-0.2, 0) is 9.84 Å². The van der Waals surface area contributed by atoms with Gasteiger partial charge in [-0.2, -0.15) is 0 Å². The molecule has 0 spiro atoms. The molecule has 0 radical (unpaired) electrons. The van der Waals surface area contributed by atoms with Crippen molar-refractivity contribution < 1.29 is 13.5 Å². The van der Waals surface area contributed by atoms with Crippen LogP contribution in [0.4, 0.5) is 0 Å². The molecule has 3 nitrogen and oxygen atoms in total. The molecule has 17 heavy (non-hydrogen) atoms. The highest BCUT2D eigenvalue weighted by molar-refractivity contribution is 7.92. The monoisotopic (exact) mass is 260 g/mol. The van der Waals surface area contributed by atoms with E-state index in [0.717, 1.165) is 32.1 Å². The van der Waals surface area contributed by atoms with E-state index >= 15 is 0 Å². The summed E-state index contributed by atoms with van der Waals surface area (Å²) in [4.78, 5) is 0. The lowest BCUT2D eigenvalue weighted by atomic mass is 9.81. The van der Waals surface area contributed by atoms with Crippen LogP contribution in [0, 0.1) is 5.92 Å². The maximum absolute atomic E-state index is 12.1. The Bertz CT molecular complexity index is 352. The van der Waals surface area contributed by atoms with Crippen LogP contribution in [0.2, 0.25) is 0 Å². The molecular weight excluding hydrogens is 236 g/mol. The average molecular weight is 260 g/mol. The number of sulfone groups is 1. The third-order valence-electron chi connectivity index (χ3n) is 4.38. The smallest absolute Gasteiger partial charge is 0.156 e. The maximum Gasteiger partial charge on any atom is 0.156 e. The van der Waals surface area contributed by atoms with Crippen molar-refractivity contribution in [3.63, 3.8) is 0 Å². The molecule has 2 rings (SSSR count). The molecule has 0 aromatic heterocycles. The fourth-order valence-electron chi connectivity index (χ4n) is 3.30. The lowest BCUT2D eigenvalue weighted by Gasteiger charge is -2.44. The molecule has 0 saturated carbocycles. The van der Waals surface area contributed by atoms with Crippen LogP contribution in [-0.4, -0.2) is 29.6 Å². The summed E-state index contributed by atoms with van der Waals surface area (Å²) in [6.07, 6.45) is 5.20. The predicted molar refractivity (Wildman–Crippen MR) is 68.6 cm³/mol. The molecule has 4 heteroatoms. The molecule has 100 valence electrons. The summed E-state index contributed by atoms with van der Waals surface area (Å²) in [6, 6.07) is 0. The first-order valence-electron chi connectivity index (χ1n) is 6.78. The normalized spacial score (nSPS) is 40.5. The third-order valence-corrected chi connectivity index (χ3v) is 7.05. The molecule has 0 aromatic rings. The Morgan fingerprint density at radius 1 is 1.24 bits per heavy atom. The minimum atomic E-state index is -2.94. The summed E-state index contributed by atoms with van der Waals surface area (Å²) in [6.45, 7) is 4.29. The molecular formula is C13H24O3S. The molecule has 0 amide bonds. The molecule has 2 atom stereocenters. The zero-order chi connectivity index (χ0) is 12.7. The summed E-state index contributed by atoms with van der Waals surface area (Å²) in [7, 11) is -2.94. The Morgan fingerprint density at radius 2 is 1.76 bits per heavy atom. The quantitative estimate of drug-likeness (QED) is 0.847. The lowest BCUT2D eigenvalue weighted by Crippen LogP contribution is -2.51. The Labute approximate surface area is 105 Å². The van der Waals surface area contributed by atoms with Crippen LogP contribution < -0.4 is 0 Å². The van der Waals surface area contributed by atoms with E-state index in [1.807, 2.05) is 0 Å². The van der Waals surface area contributed by atoms with Gasteiger partial charge in [0.25, 0.3) is 0 Å². The van der Waals surface area contributed by atoms with Crippen molar-refractivity contribution in [3.8, 4) is 0 Å². The van der Waals surface area contributed by atoms with Crippen LogP contribution in [0.25, 0.3) is 0 Å². The van der Waals surface area contributed by atoms with Crippen molar-refractivity contribution in [2.45, 2.75) is 74.9 Å². The van der Waals surface area contributed by atoms with E-state index in [4.69, 9.17) is 0 Å². The van der Waals surface area contributed by atoms with Crippen LogP contribution in [0.1, 0.15) is 58.8 Å². The Morgan fingerprint density at radius 3 is 2.24 bits per heavy atom. The highest BCUT2D eigenvalue weighted by Gasteiger charge is 2.49. The summed E-state index contributed by atoms with van der Waals surface area (Å²) in [5.41, 5.74) is -0.717. The third kappa shape index (κ3) is 2.68. The van der Waals surface area contributed by atoms with E-state index in [1.54, 1.807) is 0 Å². The van der Waals surface area contributed by atoms with E-state index in [-0.39, 0.29) is 10.5 Å². The second kappa shape index (κ2) is 4.54. The predicted octanol–water partition coefficient (Wildman–Crippen LogP) is 2.28. The van der Waals surface area contributed by atoms with E-state index in [1.165, 1.54) is 0 Å². The summed E-state index contributed by atoms with van der Waals surface area (Å²) in [5, 5.41) is 10.1. The molecule has 2 unspecified atom stereocenters.